The minimum absolute atomic E-state index is 0. The van der Waals surface area contributed by atoms with Crippen LogP contribution in [0.2, 0.25) is 0 Å². The second-order valence-corrected chi connectivity index (χ2v) is 6.03. The summed E-state index contributed by atoms with van der Waals surface area (Å²) in [6, 6.07) is 9.59. The Morgan fingerprint density at radius 2 is 1.84 bits per heavy atom. The molecule has 0 unspecified atom stereocenters. The van der Waals surface area contributed by atoms with Crippen molar-refractivity contribution in [1.82, 2.24) is 30.1 Å². The van der Waals surface area contributed by atoms with Gasteiger partial charge in [0, 0.05) is 29.7 Å². The van der Waals surface area contributed by atoms with Crippen LogP contribution < -0.4 is 5.32 Å². The van der Waals surface area contributed by atoms with Crippen LogP contribution in [0.25, 0.3) is 22.1 Å². The minimum atomic E-state index is 0. The summed E-state index contributed by atoms with van der Waals surface area (Å²) in [6.07, 6.45) is 3.43. The SMILES string of the molecule is C.Cc1cc(Nc2nc(-c3ccncc3)nc(-c3cccs3)n2)n[nH]1. The summed E-state index contributed by atoms with van der Waals surface area (Å²) in [5.41, 5.74) is 1.84. The van der Waals surface area contributed by atoms with E-state index in [4.69, 9.17) is 0 Å². The predicted octanol–water partition coefficient (Wildman–Crippen LogP) is 4.07. The van der Waals surface area contributed by atoms with Crippen LogP contribution in [0.1, 0.15) is 13.1 Å². The molecule has 0 radical (unpaired) electrons. The maximum atomic E-state index is 4.59. The minimum Gasteiger partial charge on any atom is -0.307 e. The number of aromatic nitrogens is 6. The van der Waals surface area contributed by atoms with Crippen molar-refractivity contribution in [3.8, 4) is 22.1 Å². The Bertz CT molecular complexity index is 948. The Morgan fingerprint density at radius 3 is 2.52 bits per heavy atom. The van der Waals surface area contributed by atoms with E-state index in [9.17, 15) is 0 Å². The molecule has 0 fully saturated rings. The molecule has 4 rings (SSSR count). The van der Waals surface area contributed by atoms with E-state index in [-0.39, 0.29) is 7.43 Å². The summed E-state index contributed by atoms with van der Waals surface area (Å²) in [5.74, 6) is 2.33. The fourth-order valence-corrected chi connectivity index (χ4v) is 2.83. The van der Waals surface area contributed by atoms with E-state index in [1.54, 1.807) is 23.7 Å². The molecule has 0 amide bonds. The maximum absolute atomic E-state index is 4.59. The third-order valence-electron chi connectivity index (χ3n) is 3.26. The van der Waals surface area contributed by atoms with Crippen molar-refractivity contribution in [3.05, 3.63) is 53.8 Å². The molecule has 4 heterocycles. The summed E-state index contributed by atoms with van der Waals surface area (Å²) in [5, 5.41) is 12.2. The number of hydrogen-bond donors (Lipinski definition) is 2. The summed E-state index contributed by atoms with van der Waals surface area (Å²) in [6.45, 7) is 1.94. The number of rotatable bonds is 4. The van der Waals surface area contributed by atoms with Gasteiger partial charge >= 0.3 is 0 Å². The van der Waals surface area contributed by atoms with Crippen LogP contribution in [0.4, 0.5) is 11.8 Å². The normalized spacial score (nSPS) is 10.3. The first-order valence-corrected chi connectivity index (χ1v) is 8.15. The molecule has 7 nitrogen and oxygen atoms in total. The standard InChI is InChI=1S/C16H13N7S.CH4/c1-10-9-13(23-22-10)18-16-20-14(11-4-6-17-7-5-11)19-15(21-16)12-3-2-8-24-12;/h2-9H,1H3,(H2,18,19,20,21,22,23);1H4. The van der Waals surface area contributed by atoms with E-state index in [1.165, 1.54) is 0 Å². The Hall–Kier alpha value is -3.13. The van der Waals surface area contributed by atoms with Crippen LogP contribution in [0, 0.1) is 6.92 Å². The number of nitrogens with zero attached hydrogens (tertiary/aromatic N) is 5. The third kappa shape index (κ3) is 3.69. The third-order valence-corrected chi connectivity index (χ3v) is 4.13. The first kappa shape index (κ1) is 16.7. The lowest BCUT2D eigenvalue weighted by molar-refractivity contribution is 1.03. The lowest BCUT2D eigenvalue weighted by Crippen LogP contribution is -2.03. The maximum Gasteiger partial charge on any atom is 0.232 e. The molecule has 0 aliphatic heterocycles. The quantitative estimate of drug-likeness (QED) is 0.576. The van der Waals surface area contributed by atoms with Gasteiger partial charge < -0.3 is 5.32 Å². The van der Waals surface area contributed by atoms with Gasteiger partial charge in [-0.1, -0.05) is 13.5 Å². The molecule has 0 aliphatic carbocycles. The Balaban J connectivity index is 0.00000182. The summed E-state index contributed by atoms with van der Waals surface area (Å²) in [4.78, 5) is 18.6. The highest BCUT2D eigenvalue weighted by Gasteiger charge is 2.12. The van der Waals surface area contributed by atoms with Gasteiger partial charge in [0.25, 0.3) is 0 Å². The van der Waals surface area contributed by atoms with Crippen molar-refractivity contribution in [2.24, 2.45) is 0 Å². The van der Waals surface area contributed by atoms with E-state index >= 15 is 0 Å². The first-order valence-electron chi connectivity index (χ1n) is 7.27. The van der Waals surface area contributed by atoms with Crippen LogP contribution in [0.3, 0.4) is 0 Å². The molecule has 126 valence electrons. The molecular formula is C17H17N7S. The van der Waals surface area contributed by atoms with Crippen molar-refractivity contribution < 1.29 is 0 Å². The molecule has 0 bridgehead atoms. The molecule has 4 aromatic rings. The number of anilines is 2. The van der Waals surface area contributed by atoms with Gasteiger partial charge in [-0.05, 0) is 30.5 Å². The lowest BCUT2D eigenvalue weighted by atomic mass is 10.2. The van der Waals surface area contributed by atoms with Crippen LogP contribution in [0.5, 0.6) is 0 Å². The van der Waals surface area contributed by atoms with Crippen molar-refractivity contribution in [2.45, 2.75) is 14.4 Å². The van der Waals surface area contributed by atoms with Crippen LogP contribution in [0.15, 0.2) is 48.1 Å². The van der Waals surface area contributed by atoms with Gasteiger partial charge in [-0.3, -0.25) is 10.1 Å². The average molecular weight is 351 g/mol. The number of aryl methyl sites for hydroxylation is 1. The lowest BCUT2D eigenvalue weighted by Gasteiger charge is -2.07. The van der Waals surface area contributed by atoms with E-state index in [0.29, 0.717) is 23.4 Å². The van der Waals surface area contributed by atoms with E-state index in [0.717, 1.165) is 16.1 Å². The molecule has 0 atom stereocenters. The topological polar surface area (TPSA) is 92.3 Å². The van der Waals surface area contributed by atoms with Crippen molar-refractivity contribution in [3.63, 3.8) is 0 Å². The van der Waals surface area contributed by atoms with Crippen molar-refractivity contribution in [2.75, 3.05) is 5.32 Å². The highest BCUT2D eigenvalue weighted by atomic mass is 32.1. The Kier molecular flexibility index (Phi) is 4.80. The summed E-state index contributed by atoms with van der Waals surface area (Å²) < 4.78 is 0. The monoisotopic (exact) mass is 351 g/mol. The molecule has 0 saturated heterocycles. The fourth-order valence-electron chi connectivity index (χ4n) is 2.17. The molecule has 0 spiro atoms. The zero-order valence-electron chi connectivity index (χ0n) is 12.8. The van der Waals surface area contributed by atoms with Gasteiger partial charge in [0.1, 0.15) is 0 Å². The smallest absolute Gasteiger partial charge is 0.232 e. The molecule has 0 saturated carbocycles. The second-order valence-electron chi connectivity index (χ2n) is 5.08. The van der Waals surface area contributed by atoms with E-state index in [2.05, 4.69) is 35.5 Å². The highest BCUT2D eigenvalue weighted by molar-refractivity contribution is 7.13. The van der Waals surface area contributed by atoms with Crippen LogP contribution >= 0.6 is 11.3 Å². The zero-order valence-corrected chi connectivity index (χ0v) is 13.6. The predicted molar refractivity (Wildman–Crippen MR) is 99.7 cm³/mol. The molecule has 8 heteroatoms. The molecule has 0 aromatic carbocycles. The van der Waals surface area contributed by atoms with Gasteiger partial charge in [0.2, 0.25) is 5.95 Å². The number of hydrogen-bond acceptors (Lipinski definition) is 7. The molecule has 0 aliphatic rings. The zero-order chi connectivity index (χ0) is 16.4. The number of aromatic amines is 1. The van der Waals surface area contributed by atoms with Gasteiger partial charge in [-0.15, -0.1) is 11.3 Å². The molecule has 25 heavy (non-hydrogen) atoms. The second kappa shape index (κ2) is 7.18. The highest BCUT2D eigenvalue weighted by Crippen LogP contribution is 2.25. The van der Waals surface area contributed by atoms with Gasteiger partial charge in [0.05, 0.1) is 4.88 Å². The van der Waals surface area contributed by atoms with Gasteiger partial charge in [0.15, 0.2) is 17.5 Å². The van der Waals surface area contributed by atoms with Crippen molar-refractivity contribution >= 4 is 23.1 Å². The number of nitrogens with one attached hydrogen (secondary N) is 2. The first-order chi connectivity index (χ1) is 11.8. The summed E-state index contributed by atoms with van der Waals surface area (Å²) >= 11 is 1.58. The Morgan fingerprint density at radius 1 is 1.04 bits per heavy atom. The van der Waals surface area contributed by atoms with Crippen LogP contribution in [-0.2, 0) is 0 Å². The van der Waals surface area contributed by atoms with E-state index < -0.39 is 0 Å². The Labute approximate surface area is 149 Å². The largest absolute Gasteiger partial charge is 0.307 e. The van der Waals surface area contributed by atoms with Gasteiger partial charge in [-0.25, -0.2) is 4.98 Å². The molecule has 4 aromatic heterocycles. The average Bonchev–Trinajstić information content (AvgIpc) is 3.27. The van der Waals surface area contributed by atoms with Gasteiger partial charge in [-0.2, -0.15) is 15.1 Å². The number of thiophene rings is 1. The number of pyridine rings is 1. The number of H-pyrrole nitrogens is 1. The molecular weight excluding hydrogens is 334 g/mol. The molecule has 2 N–H and O–H groups in total. The van der Waals surface area contributed by atoms with Crippen LogP contribution in [-0.4, -0.2) is 30.1 Å². The van der Waals surface area contributed by atoms with Crippen molar-refractivity contribution in [1.29, 1.82) is 0 Å². The summed E-state index contributed by atoms with van der Waals surface area (Å²) in [7, 11) is 0. The van der Waals surface area contributed by atoms with E-state index in [1.807, 2.05) is 42.6 Å². The fraction of sp³-hybridized carbons (Fsp3) is 0.118.